The van der Waals surface area contributed by atoms with Crippen LogP contribution in [-0.4, -0.2) is 49.5 Å². The third kappa shape index (κ3) is 9.19. The van der Waals surface area contributed by atoms with E-state index in [1.165, 1.54) is 44.9 Å². The topological polar surface area (TPSA) is 70.7 Å². The fraction of sp³-hybridized carbons (Fsp3) is 0.692. The minimum atomic E-state index is -0.0617. The molecule has 1 aromatic rings. The standard InChI is InChI=1S/C26H41N3O3/c1-21(19-25(30)27-14-17-29-15-5-6-16-29)20-26(31)28-23-9-11-24(12-10-23)32-18-13-22-7-3-2-4-8-22/h9-12,21-22H,2-8,13-20H2,1H3,(H,27,30)(H,28,31). The second kappa shape index (κ2) is 13.5. The highest BCUT2D eigenvalue weighted by molar-refractivity contribution is 5.91. The molecule has 32 heavy (non-hydrogen) atoms. The minimum Gasteiger partial charge on any atom is -0.494 e. The van der Waals surface area contributed by atoms with Gasteiger partial charge in [0.25, 0.3) is 0 Å². The second-order valence-corrected chi connectivity index (χ2v) is 9.63. The molecule has 178 valence electrons. The van der Waals surface area contributed by atoms with Crippen molar-refractivity contribution in [1.82, 2.24) is 10.2 Å². The van der Waals surface area contributed by atoms with Crippen molar-refractivity contribution in [3.05, 3.63) is 24.3 Å². The van der Waals surface area contributed by atoms with Gasteiger partial charge in [-0.05, 0) is 68.5 Å². The first-order valence-corrected chi connectivity index (χ1v) is 12.6. The van der Waals surface area contributed by atoms with Gasteiger partial charge in [0.1, 0.15) is 5.75 Å². The quantitative estimate of drug-likeness (QED) is 0.495. The number of ether oxygens (including phenoxy) is 1. The summed E-state index contributed by atoms with van der Waals surface area (Å²) in [5.74, 6) is 1.63. The maximum atomic E-state index is 12.3. The van der Waals surface area contributed by atoms with Gasteiger partial charge in [-0.15, -0.1) is 0 Å². The molecule has 0 aromatic heterocycles. The van der Waals surface area contributed by atoms with Crippen molar-refractivity contribution in [2.24, 2.45) is 11.8 Å². The van der Waals surface area contributed by atoms with Crippen molar-refractivity contribution in [3.63, 3.8) is 0 Å². The molecular weight excluding hydrogens is 402 g/mol. The maximum absolute atomic E-state index is 12.3. The number of likely N-dealkylation sites (tertiary alicyclic amines) is 1. The van der Waals surface area contributed by atoms with E-state index in [0.717, 1.165) is 50.0 Å². The Morgan fingerprint density at radius 2 is 1.69 bits per heavy atom. The van der Waals surface area contributed by atoms with Gasteiger partial charge in [-0.2, -0.15) is 0 Å². The van der Waals surface area contributed by atoms with Gasteiger partial charge in [-0.3, -0.25) is 9.59 Å². The van der Waals surface area contributed by atoms with Crippen LogP contribution in [0.2, 0.25) is 0 Å². The summed E-state index contributed by atoms with van der Waals surface area (Å²) in [6, 6.07) is 7.58. The van der Waals surface area contributed by atoms with Gasteiger partial charge < -0.3 is 20.3 Å². The van der Waals surface area contributed by atoms with Crippen LogP contribution in [0, 0.1) is 11.8 Å². The van der Waals surface area contributed by atoms with Crippen molar-refractivity contribution in [2.75, 3.05) is 38.1 Å². The molecule has 2 fully saturated rings. The number of hydrogen-bond acceptors (Lipinski definition) is 4. The van der Waals surface area contributed by atoms with E-state index in [2.05, 4.69) is 15.5 Å². The first kappa shape index (κ1) is 24.6. The molecule has 0 radical (unpaired) electrons. The summed E-state index contributed by atoms with van der Waals surface area (Å²) < 4.78 is 5.88. The van der Waals surface area contributed by atoms with Crippen LogP contribution >= 0.6 is 0 Å². The molecule has 1 aliphatic heterocycles. The average molecular weight is 444 g/mol. The molecule has 1 atom stereocenters. The smallest absolute Gasteiger partial charge is 0.224 e. The first-order valence-electron chi connectivity index (χ1n) is 12.6. The molecule has 1 saturated carbocycles. The van der Waals surface area contributed by atoms with Crippen LogP contribution in [0.15, 0.2) is 24.3 Å². The molecule has 2 amide bonds. The van der Waals surface area contributed by atoms with Gasteiger partial charge in [0.2, 0.25) is 11.8 Å². The lowest BCUT2D eigenvalue weighted by Crippen LogP contribution is -2.34. The Morgan fingerprint density at radius 3 is 2.41 bits per heavy atom. The Labute approximate surface area is 193 Å². The molecule has 6 nitrogen and oxygen atoms in total. The monoisotopic (exact) mass is 443 g/mol. The number of hydrogen-bond donors (Lipinski definition) is 2. The molecule has 2 aliphatic rings. The summed E-state index contributed by atoms with van der Waals surface area (Å²) >= 11 is 0. The summed E-state index contributed by atoms with van der Waals surface area (Å²) in [6.07, 6.45) is 11.1. The average Bonchev–Trinajstić information content (AvgIpc) is 3.29. The van der Waals surface area contributed by atoms with E-state index < -0.39 is 0 Å². The number of carbonyl (C=O) groups excluding carboxylic acids is 2. The van der Waals surface area contributed by atoms with Crippen molar-refractivity contribution in [2.45, 2.75) is 71.1 Å². The number of carbonyl (C=O) groups is 2. The number of nitrogens with one attached hydrogen (secondary N) is 2. The summed E-state index contributed by atoms with van der Waals surface area (Å²) in [6.45, 7) is 6.59. The molecule has 1 aromatic carbocycles. The number of rotatable bonds is 12. The molecule has 0 bridgehead atoms. The fourth-order valence-electron chi connectivity index (χ4n) is 4.80. The predicted octanol–water partition coefficient (Wildman–Crippen LogP) is 4.60. The normalized spacial score (nSPS) is 18.3. The second-order valence-electron chi connectivity index (χ2n) is 9.63. The lowest BCUT2D eigenvalue weighted by atomic mass is 9.87. The zero-order valence-electron chi connectivity index (χ0n) is 19.7. The summed E-state index contributed by atoms with van der Waals surface area (Å²) in [5, 5.41) is 5.91. The summed E-state index contributed by atoms with van der Waals surface area (Å²) in [4.78, 5) is 26.8. The third-order valence-electron chi connectivity index (χ3n) is 6.67. The number of benzene rings is 1. The Hall–Kier alpha value is -2.08. The van der Waals surface area contributed by atoms with Gasteiger partial charge in [0, 0.05) is 31.6 Å². The maximum Gasteiger partial charge on any atom is 0.224 e. The van der Waals surface area contributed by atoms with Crippen LogP contribution in [0.5, 0.6) is 5.75 Å². The van der Waals surface area contributed by atoms with Crippen LogP contribution < -0.4 is 15.4 Å². The van der Waals surface area contributed by atoms with E-state index in [1.807, 2.05) is 31.2 Å². The van der Waals surface area contributed by atoms with Gasteiger partial charge in [-0.25, -0.2) is 0 Å². The Morgan fingerprint density at radius 1 is 1.00 bits per heavy atom. The fourth-order valence-corrected chi connectivity index (χ4v) is 4.80. The van der Waals surface area contributed by atoms with Crippen LogP contribution in [-0.2, 0) is 9.59 Å². The van der Waals surface area contributed by atoms with Gasteiger partial charge in [0.05, 0.1) is 6.61 Å². The molecular formula is C26H41N3O3. The minimum absolute atomic E-state index is 0.00387. The predicted molar refractivity (Wildman–Crippen MR) is 129 cm³/mol. The largest absolute Gasteiger partial charge is 0.494 e. The summed E-state index contributed by atoms with van der Waals surface area (Å²) in [5.41, 5.74) is 0.761. The highest BCUT2D eigenvalue weighted by atomic mass is 16.5. The van der Waals surface area contributed by atoms with Crippen molar-refractivity contribution >= 4 is 17.5 Å². The third-order valence-corrected chi connectivity index (χ3v) is 6.67. The van der Waals surface area contributed by atoms with E-state index in [1.54, 1.807) is 0 Å². The molecule has 1 saturated heterocycles. The van der Waals surface area contributed by atoms with E-state index >= 15 is 0 Å². The van der Waals surface area contributed by atoms with Crippen molar-refractivity contribution in [3.8, 4) is 5.75 Å². The Bertz CT molecular complexity index is 695. The summed E-state index contributed by atoms with van der Waals surface area (Å²) in [7, 11) is 0. The highest BCUT2D eigenvalue weighted by Crippen LogP contribution is 2.26. The van der Waals surface area contributed by atoms with E-state index in [0.29, 0.717) is 19.4 Å². The van der Waals surface area contributed by atoms with Gasteiger partial charge in [-0.1, -0.05) is 39.0 Å². The first-order chi connectivity index (χ1) is 15.6. The molecule has 3 rings (SSSR count). The van der Waals surface area contributed by atoms with E-state index in [-0.39, 0.29) is 17.7 Å². The number of nitrogens with zero attached hydrogens (tertiary/aromatic N) is 1. The lowest BCUT2D eigenvalue weighted by molar-refractivity contribution is -0.122. The van der Waals surface area contributed by atoms with Crippen LogP contribution in [0.3, 0.4) is 0 Å². The number of amides is 2. The van der Waals surface area contributed by atoms with Gasteiger partial charge >= 0.3 is 0 Å². The molecule has 1 unspecified atom stereocenters. The molecule has 1 heterocycles. The molecule has 1 aliphatic carbocycles. The number of anilines is 1. The van der Waals surface area contributed by atoms with Crippen LogP contribution in [0.25, 0.3) is 0 Å². The van der Waals surface area contributed by atoms with Crippen molar-refractivity contribution < 1.29 is 14.3 Å². The SMILES string of the molecule is CC(CC(=O)NCCN1CCCC1)CC(=O)Nc1ccc(OCCC2CCCCC2)cc1. The zero-order valence-corrected chi connectivity index (χ0v) is 19.7. The van der Waals surface area contributed by atoms with Gasteiger partial charge in [0.15, 0.2) is 0 Å². The molecule has 2 N–H and O–H groups in total. The van der Waals surface area contributed by atoms with Crippen LogP contribution in [0.1, 0.15) is 71.1 Å². The zero-order chi connectivity index (χ0) is 22.6. The van der Waals surface area contributed by atoms with E-state index in [4.69, 9.17) is 4.74 Å². The Balaban J connectivity index is 1.28. The lowest BCUT2D eigenvalue weighted by Gasteiger charge is -2.21. The molecule has 0 spiro atoms. The highest BCUT2D eigenvalue weighted by Gasteiger charge is 2.16. The van der Waals surface area contributed by atoms with E-state index in [9.17, 15) is 9.59 Å². The molecule has 6 heteroatoms. The van der Waals surface area contributed by atoms with Crippen molar-refractivity contribution in [1.29, 1.82) is 0 Å². The van der Waals surface area contributed by atoms with Crippen LogP contribution in [0.4, 0.5) is 5.69 Å². The Kier molecular flexibility index (Phi) is 10.3.